The molecular formula is C11H20N4O3S. The van der Waals surface area contributed by atoms with Gasteiger partial charge in [0.2, 0.25) is 0 Å². The van der Waals surface area contributed by atoms with E-state index in [4.69, 9.17) is 5.73 Å². The Kier molecular flexibility index (Phi) is 4.94. The highest BCUT2D eigenvalue weighted by Crippen LogP contribution is 2.29. The molecule has 0 fully saturated rings. The molecule has 8 heteroatoms. The van der Waals surface area contributed by atoms with Gasteiger partial charge in [0, 0.05) is 13.1 Å². The molecule has 0 bridgehead atoms. The van der Waals surface area contributed by atoms with Crippen LogP contribution in [0, 0.1) is 5.41 Å². The van der Waals surface area contributed by atoms with Crippen molar-refractivity contribution in [1.29, 1.82) is 0 Å². The summed E-state index contributed by atoms with van der Waals surface area (Å²) in [5.74, 6) is 0. The van der Waals surface area contributed by atoms with Crippen molar-refractivity contribution in [2.24, 2.45) is 18.2 Å². The third kappa shape index (κ3) is 3.92. The third-order valence-electron chi connectivity index (χ3n) is 2.78. The summed E-state index contributed by atoms with van der Waals surface area (Å²) in [6, 6.07) is -0.286. The normalized spacial score (nSPS) is 15.3. The van der Waals surface area contributed by atoms with E-state index in [1.54, 1.807) is 7.05 Å². The predicted molar refractivity (Wildman–Crippen MR) is 74.3 cm³/mol. The number of aliphatic hydroxyl groups excluding tert-OH is 1. The zero-order chi connectivity index (χ0) is 14.8. The molecule has 0 aromatic carbocycles. The number of aliphatic hydroxyl groups is 1. The molecule has 1 aromatic heterocycles. The van der Waals surface area contributed by atoms with E-state index in [0.717, 1.165) is 0 Å². The molecule has 0 aliphatic heterocycles. The quantitative estimate of drug-likeness (QED) is 0.498. The van der Waals surface area contributed by atoms with E-state index in [1.807, 2.05) is 20.8 Å². The van der Waals surface area contributed by atoms with Gasteiger partial charge < -0.3 is 10.8 Å². The molecule has 19 heavy (non-hydrogen) atoms. The van der Waals surface area contributed by atoms with Crippen LogP contribution in [0.25, 0.3) is 0 Å². The van der Waals surface area contributed by atoms with Crippen molar-refractivity contribution in [2.45, 2.75) is 37.2 Å². The number of rotatable bonds is 4. The van der Waals surface area contributed by atoms with Crippen molar-refractivity contribution in [1.82, 2.24) is 14.8 Å². The number of aryl methyl sites for hydroxylation is 1. The predicted octanol–water partition coefficient (Wildman–Crippen LogP) is -0.705. The second-order valence-electron chi connectivity index (χ2n) is 5.43. The molecule has 0 aliphatic rings. The van der Waals surface area contributed by atoms with E-state index in [-0.39, 0.29) is 23.3 Å². The Labute approximate surface area is 115 Å². The zero-order valence-corrected chi connectivity index (χ0v) is 12.3. The Balaban J connectivity index is 3.03. The van der Waals surface area contributed by atoms with Gasteiger partial charge in [0.1, 0.15) is 0 Å². The minimum atomic E-state index is -0.846. The number of thioether (sulfide) groups is 1. The van der Waals surface area contributed by atoms with Gasteiger partial charge in [-0.05, 0) is 5.41 Å². The molecule has 0 saturated heterocycles. The molecule has 7 nitrogen and oxygen atoms in total. The largest absolute Gasteiger partial charge is 0.395 e. The highest BCUT2D eigenvalue weighted by Gasteiger charge is 2.30. The van der Waals surface area contributed by atoms with Crippen molar-refractivity contribution in [2.75, 3.05) is 6.61 Å². The van der Waals surface area contributed by atoms with Crippen molar-refractivity contribution in [3.05, 3.63) is 20.7 Å². The maximum atomic E-state index is 11.3. The average molecular weight is 288 g/mol. The Morgan fingerprint density at radius 2 is 2.05 bits per heavy atom. The minimum Gasteiger partial charge on any atom is -0.395 e. The molecule has 1 heterocycles. The van der Waals surface area contributed by atoms with E-state index >= 15 is 0 Å². The Bertz CT molecular complexity index is 546. The average Bonchev–Trinajstić information content (AvgIpc) is 2.30. The first-order chi connectivity index (χ1) is 8.66. The smallest absolute Gasteiger partial charge is 0.339 e. The molecule has 1 aromatic rings. The van der Waals surface area contributed by atoms with Crippen molar-refractivity contribution >= 4 is 11.8 Å². The number of hydrogen-bond donors (Lipinski definition) is 3. The molecule has 0 radical (unpaired) electrons. The van der Waals surface area contributed by atoms with Gasteiger partial charge in [0.25, 0.3) is 0 Å². The van der Waals surface area contributed by atoms with Gasteiger partial charge in [-0.2, -0.15) is 4.98 Å². The monoisotopic (exact) mass is 288 g/mol. The minimum absolute atomic E-state index is 0.141. The summed E-state index contributed by atoms with van der Waals surface area (Å²) in [6.45, 7) is 5.78. The van der Waals surface area contributed by atoms with E-state index in [2.05, 4.69) is 10.1 Å². The van der Waals surface area contributed by atoms with Crippen LogP contribution >= 0.6 is 11.8 Å². The van der Waals surface area contributed by atoms with E-state index in [1.165, 1.54) is 16.4 Å². The standard InChI is InChI=1S/C11H20N4O3S/c1-11(2,3)7(12)6(5-16)19-10-13-8(17)9(18)14-15(10)4/h6-7,16H,5,12H2,1-4H3,(H,14,18). The Hall–Kier alpha value is -1.12. The first-order valence-corrected chi connectivity index (χ1v) is 6.75. The van der Waals surface area contributed by atoms with E-state index < -0.39 is 11.1 Å². The van der Waals surface area contributed by atoms with Gasteiger partial charge in [-0.25, -0.2) is 0 Å². The molecule has 0 spiro atoms. The van der Waals surface area contributed by atoms with E-state index in [9.17, 15) is 14.7 Å². The number of nitrogens with one attached hydrogen (secondary N) is 1. The number of H-pyrrole nitrogens is 1. The molecule has 4 N–H and O–H groups in total. The zero-order valence-electron chi connectivity index (χ0n) is 11.5. The Morgan fingerprint density at radius 3 is 2.53 bits per heavy atom. The van der Waals surface area contributed by atoms with Crippen molar-refractivity contribution in [3.8, 4) is 0 Å². The van der Waals surface area contributed by atoms with Gasteiger partial charge in [-0.3, -0.25) is 19.4 Å². The number of nitrogens with two attached hydrogens (primary N) is 1. The highest BCUT2D eigenvalue weighted by atomic mass is 32.2. The lowest BCUT2D eigenvalue weighted by Crippen LogP contribution is -2.45. The summed E-state index contributed by atoms with van der Waals surface area (Å²) in [5.41, 5.74) is 4.29. The topological polar surface area (TPSA) is 114 Å². The molecule has 108 valence electrons. The van der Waals surface area contributed by atoms with Crippen LogP contribution in [0.5, 0.6) is 0 Å². The highest BCUT2D eigenvalue weighted by molar-refractivity contribution is 7.99. The van der Waals surface area contributed by atoms with Crippen LogP contribution in [0.15, 0.2) is 14.7 Å². The van der Waals surface area contributed by atoms with Crippen LogP contribution in [0.4, 0.5) is 0 Å². The van der Waals surface area contributed by atoms with Crippen molar-refractivity contribution < 1.29 is 5.11 Å². The molecule has 0 saturated carbocycles. The van der Waals surface area contributed by atoms with Crippen molar-refractivity contribution in [3.63, 3.8) is 0 Å². The lowest BCUT2D eigenvalue weighted by Gasteiger charge is -2.32. The third-order valence-corrected chi connectivity index (χ3v) is 4.11. The van der Waals surface area contributed by atoms with Crippen LogP contribution in [0.1, 0.15) is 20.8 Å². The lowest BCUT2D eigenvalue weighted by atomic mass is 9.85. The fourth-order valence-corrected chi connectivity index (χ4v) is 2.72. The van der Waals surface area contributed by atoms with Gasteiger partial charge in [-0.1, -0.05) is 32.5 Å². The number of hydrogen-bond acceptors (Lipinski definition) is 6. The van der Waals surface area contributed by atoms with Crippen LogP contribution in [-0.2, 0) is 7.05 Å². The first-order valence-electron chi connectivity index (χ1n) is 5.87. The van der Waals surface area contributed by atoms with Crippen LogP contribution in [-0.4, -0.2) is 37.8 Å². The van der Waals surface area contributed by atoms with Gasteiger partial charge >= 0.3 is 11.1 Å². The van der Waals surface area contributed by atoms with Gasteiger partial charge in [-0.15, -0.1) is 0 Å². The molecule has 2 atom stereocenters. The number of aromatic nitrogens is 3. The Morgan fingerprint density at radius 1 is 1.47 bits per heavy atom. The number of aromatic amines is 1. The molecule has 0 aliphatic carbocycles. The SMILES string of the molecule is Cn1[nH]c(=O)c(=O)nc1SC(CO)C(N)C(C)(C)C. The second kappa shape index (κ2) is 5.89. The maximum absolute atomic E-state index is 11.3. The summed E-state index contributed by atoms with van der Waals surface area (Å²) in [6.07, 6.45) is 0. The summed E-state index contributed by atoms with van der Waals surface area (Å²) in [7, 11) is 1.58. The number of nitrogens with zero attached hydrogens (tertiary/aromatic N) is 2. The fraction of sp³-hybridized carbons (Fsp3) is 0.727. The molecule has 2 unspecified atom stereocenters. The van der Waals surface area contributed by atoms with Crippen LogP contribution in [0.2, 0.25) is 0 Å². The van der Waals surface area contributed by atoms with Gasteiger partial charge in [0.15, 0.2) is 5.16 Å². The lowest BCUT2D eigenvalue weighted by molar-refractivity contribution is 0.232. The summed E-state index contributed by atoms with van der Waals surface area (Å²) >= 11 is 1.18. The first kappa shape index (κ1) is 15.9. The van der Waals surface area contributed by atoms with Gasteiger partial charge in [0.05, 0.1) is 11.9 Å². The summed E-state index contributed by atoms with van der Waals surface area (Å²) < 4.78 is 1.35. The molecule has 0 amide bonds. The maximum Gasteiger partial charge on any atom is 0.339 e. The second-order valence-corrected chi connectivity index (χ2v) is 6.64. The molecule has 1 rings (SSSR count). The van der Waals surface area contributed by atoms with E-state index in [0.29, 0.717) is 5.16 Å². The molecular weight excluding hydrogens is 268 g/mol. The van der Waals surface area contributed by atoms with Crippen LogP contribution < -0.4 is 16.9 Å². The summed E-state index contributed by atoms with van der Waals surface area (Å²) in [5, 5.41) is 11.8. The fourth-order valence-electron chi connectivity index (χ4n) is 1.48. The summed E-state index contributed by atoms with van der Waals surface area (Å²) in [4.78, 5) is 26.0. The van der Waals surface area contributed by atoms with Crippen LogP contribution in [0.3, 0.4) is 0 Å².